The first-order valence-corrected chi connectivity index (χ1v) is 14.2. The Kier molecular flexibility index (Phi) is 9.24. The molecule has 5 rings (SSSR count). The van der Waals surface area contributed by atoms with E-state index in [-0.39, 0.29) is 18.5 Å². The average Bonchev–Trinajstić information content (AvgIpc) is 3.51. The Morgan fingerprint density at radius 2 is 1.73 bits per heavy atom. The summed E-state index contributed by atoms with van der Waals surface area (Å²) in [6.45, 7) is 0.436. The maximum absolute atomic E-state index is 13.4. The molecule has 0 aliphatic carbocycles. The van der Waals surface area contributed by atoms with Gasteiger partial charge < -0.3 is 26.1 Å². The monoisotopic (exact) mass is 591 g/mol. The highest BCUT2D eigenvalue weighted by Gasteiger charge is 2.29. The number of para-hydroxylation sites is 1. The number of aryl methyl sites for hydroxylation is 1. The second-order valence-electron chi connectivity index (χ2n) is 10.1. The van der Waals surface area contributed by atoms with E-state index >= 15 is 0 Å². The van der Waals surface area contributed by atoms with Crippen LogP contribution in [0.3, 0.4) is 0 Å². The van der Waals surface area contributed by atoms with Crippen LogP contribution in [0.15, 0.2) is 79.3 Å². The van der Waals surface area contributed by atoms with Crippen molar-refractivity contribution in [3.63, 3.8) is 0 Å². The number of aromatic nitrogens is 2. The summed E-state index contributed by atoms with van der Waals surface area (Å²) in [5.41, 5.74) is 9.88. The molecule has 4 aromatic rings. The van der Waals surface area contributed by atoms with Crippen molar-refractivity contribution >= 4 is 35.0 Å². The molecule has 5 N–H and O–H groups in total. The number of carbonyl (C=O) groups excluding carboxylic acids is 2. The number of hydrogen-bond donors (Lipinski definition) is 4. The molecule has 2 amide bonds. The fourth-order valence-electron chi connectivity index (χ4n) is 5.08. The zero-order valence-corrected chi connectivity index (χ0v) is 23.8. The van der Waals surface area contributed by atoms with Gasteiger partial charge in [-0.3, -0.25) is 9.59 Å². The van der Waals surface area contributed by atoms with Crippen molar-refractivity contribution in [1.29, 1.82) is 0 Å². The van der Waals surface area contributed by atoms with Gasteiger partial charge in [0.15, 0.2) is 0 Å². The Balaban J connectivity index is 1.33. The van der Waals surface area contributed by atoms with E-state index in [9.17, 15) is 9.59 Å². The fourth-order valence-corrected chi connectivity index (χ4v) is 5.33. The van der Waals surface area contributed by atoms with E-state index in [1.165, 1.54) is 5.56 Å². The second kappa shape index (κ2) is 13.2. The number of fused-ring (bicyclic) bond motifs is 1. The number of hydrogen-bond acceptors (Lipinski definition) is 5. The van der Waals surface area contributed by atoms with Crippen molar-refractivity contribution in [2.24, 2.45) is 5.73 Å². The topological polar surface area (TPSA) is 122 Å². The SMILES string of the molecule is NC(=O)[C@H](Cc1ccc(Cl)cc1)NC(=O)c1cccc2c1OCCC2NC(CCc1ccc(Cl)cc1)c1cnc[nH]1. The molecule has 8 nitrogen and oxygen atoms in total. The first-order chi connectivity index (χ1) is 19.9. The first-order valence-electron chi connectivity index (χ1n) is 13.5. The number of primary amides is 1. The number of nitrogens with one attached hydrogen (secondary N) is 3. The molecular weight excluding hydrogens is 561 g/mol. The van der Waals surface area contributed by atoms with Gasteiger partial charge in [0, 0.05) is 46.7 Å². The summed E-state index contributed by atoms with van der Waals surface area (Å²) in [4.78, 5) is 33.1. The molecule has 0 saturated heterocycles. The van der Waals surface area contributed by atoms with Crippen molar-refractivity contribution in [3.8, 4) is 5.75 Å². The summed E-state index contributed by atoms with van der Waals surface area (Å²) in [6.07, 6.45) is 6.14. The van der Waals surface area contributed by atoms with Gasteiger partial charge in [0.2, 0.25) is 5.91 Å². The van der Waals surface area contributed by atoms with Crippen molar-refractivity contribution in [3.05, 3.63) is 117 Å². The Hall–Kier alpha value is -3.85. The summed E-state index contributed by atoms with van der Waals surface area (Å²) >= 11 is 12.0. The van der Waals surface area contributed by atoms with E-state index in [1.54, 1.807) is 36.7 Å². The number of benzene rings is 3. The number of halogens is 2. The minimum absolute atomic E-state index is 0.0137. The van der Waals surface area contributed by atoms with Crippen LogP contribution in [0.25, 0.3) is 0 Å². The second-order valence-corrected chi connectivity index (χ2v) is 10.9. The van der Waals surface area contributed by atoms with Crippen LogP contribution < -0.4 is 21.1 Å². The Bertz CT molecular complexity index is 1480. The minimum atomic E-state index is -0.894. The van der Waals surface area contributed by atoms with Crippen LogP contribution in [-0.2, 0) is 17.6 Å². The third-order valence-electron chi connectivity index (χ3n) is 7.25. The van der Waals surface area contributed by atoms with Crippen LogP contribution in [0.5, 0.6) is 5.75 Å². The lowest BCUT2D eigenvalue weighted by atomic mass is 9.94. The van der Waals surface area contributed by atoms with Crippen LogP contribution in [0.2, 0.25) is 10.0 Å². The van der Waals surface area contributed by atoms with E-state index < -0.39 is 17.9 Å². The number of aromatic amines is 1. The van der Waals surface area contributed by atoms with Crippen molar-refractivity contribution in [2.45, 2.75) is 43.8 Å². The molecule has 3 aromatic carbocycles. The van der Waals surface area contributed by atoms with Crippen LogP contribution in [0, 0.1) is 0 Å². The first kappa shape index (κ1) is 28.7. The molecule has 0 bridgehead atoms. The molecule has 10 heteroatoms. The van der Waals surface area contributed by atoms with Gasteiger partial charge in [0.1, 0.15) is 11.8 Å². The smallest absolute Gasteiger partial charge is 0.255 e. The number of imidazole rings is 1. The van der Waals surface area contributed by atoms with Crippen LogP contribution in [0.4, 0.5) is 0 Å². The summed E-state index contributed by atoms with van der Waals surface area (Å²) in [5.74, 6) is -0.542. The van der Waals surface area contributed by atoms with Crippen LogP contribution in [0.1, 0.15) is 57.7 Å². The van der Waals surface area contributed by atoms with Crippen molar-refractivity contribution in [2.75, 3.05) is 6.61 Å². The number of nitrogens with zero attached hydrogens (tertiary/aromatic N) is 1. The average molecular weight is 593 g/mol. The third kappa shape index (κ3) is 7.27. The summed E-state index contributed by atoms with van der Waals surface area (Å²) in [7, 11) is 0. The molecule has 1 aliphatic heterocycles. The normalized spacial score (nSPS) is 15.8. The molecule has 3 atom stereocenters. The predicted octanol–water partition coefficient (Wildman–Crippen LogP) is 5.33. The molecule has 0 spiro atoms. The zero-order chi connectivity index (χ0) is 28.8. The molecular formula is C31H31Cl2N5O3. The Morgan fingerprint density at radius 3 is 2.39 bits per heavy atom. The summed E-state index contributed by atoms with van der Waals surface area (Å²) in [6, 6.07) is 19.5. The molecule has 0 radical (unpaired) electrons. The Morgan fingerprint density at radius 1 is 1.02 bits per heavy atom. The number of H-pyrrole nitrogens is 1. The van der Waals surface area contributed by atoms with E-state index in [0.29, 0.717) is 28.0 Å². The highest BCUT2D eigenvalue weighted by atomic mass is 35.5. The van der Waals surface area contributed by atoms with Crippen LogP contribution >= 0.6 is 23.2 Å². The molecule has 0 saturated carbocycles. The number of amides is 2. The van der Waals surface area contributed by atoms with E-state index in [1.807, 2.05) is 42.6 Å². The lowest BCUT2D eigenvalue weighted by Gasteiger charge is -2.31. The van der Waals surface area contributed by atoms with Crippen molar-refractivity contribution < 1.29 is 14.3 Å². The minimum Gasteiger partial charge on any atom is -0.492 e. The van der Waals surface area contributed by atoms with Crippen molar-refractivity contribution in [1.82, 2.24) is 20.6 Å². The zero-order valence-electron chi connectivity index (χ0n) is 22.3. The molecule has 1 aromatic heterocycles. The summed E-state index contributed by atoms with van der Waals surface area (Å²) in [5, 5.41) is 7.86. The van der Waals surface area contributed by atoms with E-state index in [4.69, 9.17) is 33.7 Å². The standard InChI is InChI=1S/C31H31Cl2N5O3/c32-21-9-4-19(5-10-21)8-13-26(28-17-35-18-36-28)37-25-14-15-41-29-23(25)2-1-3-24(29)31(40)38-27(30(34)39)16-20-6-11-22(33)12-7-20/h1-7,9-12,17-18,25-27,37H,8,13-16H2,(H2,34,39)(H,35,36)(H,38,40)/t25?,26?,27-/m0/s1. The van der Waals surface area contributed by atoms with E-state index in [2.05, 4.69) is 20.6 Å². The lowest BCUT2D eigenvalue weighted by molar-refractivity contribution is -0.119. The quantitative estimate of drug-likeness (QED) is 0.188. The number of ether oxygens (including phenoxy) is 1. The highest BCUT2D eigenvalue weighted by Crippen LogP contribution is 2.37. The predicted molar refractivity (Wildman–Crippen MR) is 159 cm³/mol. The van der Waals surface area contributed by atoms with E-state index in [0.717, 1.165) is 36.1 Å². The van der Waals surface area contributed by atoms with Gasteiger partial charge in [0.25, 0.3) is 5.91 Å². The molecule has 41 heavy (non-hydrogen) atoms. The molecule has 1 aliphatic rings. The number of carbonyl (C=O) groups is 2. The van der Waals surface area contributed by atoms with Gasteiger partial charge in [-0.1, -0.05) is 59.6 Å². The Labute approximate surface area is 248 Å². The molecule has 2 unspecified atom stereocenters. The van der Waals surface area contributed by atoms with Crippen LogP contribution in [-0.4, -0.2) is 34.4 Å². The maximum atomic E-state index is 13.4. The third-order valence-corrected chi connectivity index (χ3v) is 7.76. The van der Waals surface area contributed by atoms with Gasteiger partial charge in [-0.15, -0.1) is 0 Å². The maximum Gasteiger partial charge on any atom is 0.255 e. The lowest BCUT2D eigenvalue weighted by Crippen LogP contribution is -2.46. The van der Waals surface area contributed by atoms with Gasteiger partial charge in [-0.05, 0) is 54.3 Å². The van der Waals surface area contributed by atoms with Gasteiger partial charge in [-0.25, -0.2) is 4.98 Å². The number of rotatable bonds is 11. The fraction of sp³-hybridized carbons (Fsp3) is 0.258. The largest absolute Gasteiger partial charge is 0.492 e. The van der Waals surface area contributed by atoms with Gasteiger partial charge >= 0.3 is 0 Å². The molecule has 212 valence electrons. The summed E-state index contributed by atoms with van der Waals surface area (Å²) < 4.78 is 6.03. The molecule has 2 heterocycles. The highest BCUT2D eigenvalue weighted by molar-refractivity contribution is 6.30. The van der Waals surface area contributed by atoms with Gasteiger partial charge in [-0.2, -0.15) is 0 Å². The molecule has 0 fully saturated rings. The van der Waals surface area contributed by atoms with Gasteiger partial charge in [0.05, 0.1) is 24.2 Å². The number of nitrogens with two attached hydrogens (primary N) is 1.